The van der Waals surface area contributed by atoms with Crippen LogP contribution in [-0.4, -0.2) is 49.2 Å². The topological polar surface area (TPSA) is 57.7 Å². The number of amides is 1. The fraction of sp³-hybridized carbons (Fsp3) is 0.632. The SMILES string of the molecule is CCC1CCCCN1C(=O)C1CCCN(S(=O)(=O)c2ccc(Cl)cc2)C1. The summed E-state index contributed by atoms with van der Waals surface area (Å²) in [6.45, 7) is 3.66. The minimum atomic E-state index is -3.59. The Balaban J connectivity index is 1.74. The monoisotopic (exact) mass is 398 g/mol. The second-order valence-corrected chi connectivity index (χ2v) is 9.62. The summed E-state index contributed by atoms with van der Waals surface area (Å²) >= 11 is 5.87. The van der Waals surface area contributed by atoms with Crippen molar-refractivity contribution in [3.8, 4) is 0 Å². The van der Waals surface area contributed by atoms with E-state index >= 15 is 0 Å². The zero-order valence-corrected chi connectivity index (χ0v) is 16.8. The van der Waals surface area contributed by atoms with Gasteiger partial charge in [0.25, 0.3) is 0 Å². The molecule has 2 saturated heterocycles. The van der Waals surface area contributed by atoms with E-state index in [1.165, 1.54) is 22.9 Å². The molecular formula is C19H27ClN2O3S. The van der Waals surface area contributed by atoms with Gasteiger partial charge in [-0.15, -0.1) is 0 Å². The normalized spacial score (nSPS) is 25.2. The van der Waals surface area contributed by atoms with Gasteiger partial charge < -0.3 is 4.90 Å². The minimum Gasteiger partial charge on any atom is -0.339 e. The lowest BCUT2D eigenvalue weighted by Crippen LogP contribution is -2.50. The highest BCUT2D eigenvalue weighted by Crippen LogP contribution is 2.28. The molecule has 2 aliphatic rings. The molecule has 0 bridgehead atoms. The predicted octanol–water partition coefficient (Wildman–Crippen LogP) is 3.53. The second kappa shape index (κ2) is 8.28. The molecule has 1 amide bonds. The van der Waals surface area contributed by atoms with Crippen molar-refractivity contribution in [3.05, 3.63) is 29.3 Å². The smallest absolute Gasteiger partial charge is 0.243 e. The maximum Gasteiger partial charge on any atom is 0.243 e. The molecule has 0 N–H and O–H groups in total. The molecule has 1 aromatic rings. The molecule has 144 valence electrons. The van der Waals surface area contributed by atoms with E-state index in [0.717, 1.165) is 32.2 Å². The fourth-order valence-corrected chi connectivity index (χ4v) is 5.72. The number of hydrogen-bond acceptors (Lipinski definition) is 3. The minimum absolute atomic E-state index is 0.132. The maximum absolute atomic E-state index is 13.1. The summed E-state index contributed by atoms with van der Waals surface area (Å²) in [5.74, 6) is -0.106. The van der Waals surface area contributed by atoms with Crippen molar-refractivity contribution in [2.24, 2.45) is 5.92 Å². The highest BCUT2D eigenvalue weighted by molar-refractivity contribution is 7.89. The van der Waals surface area contributed by atoms with E-state index < -0.39 is 10.0 Å². The summed E-state index contributed by atoms with van der Waals surface area (Å²) in [6.07, 6.45) is 5.71. The molecule has 2 aliphatic heterocycles. The van der Waals surface area contributed by atoms with Crippen LogP contribution in [0.3, 0.4) is 0 Å². The number of nitrogens with zero attached hydrogens (tertiary/aromatic N) is 2. The molecule has 2 unspecified atom stereocenters. The van der Waals surface area contributed by atoms with Crippen LogP contribution in [0.4, 0.5) is 0 Å². The number of hydrogen-bond donors (Lipinski definition) is 0. The van der Waals surface area contributed by atoms with Gasteiger partial charge >= 0.3 is 0 Å². The van der Waals surface area contributed by atoms with Gasteiger partial charge in [-0.05, 0) is 62.8 Å². The van der Waals surface area contributed by atoms with Crippen LogP contribution in [-0.2, 0) is 14.8 Å². The van der Waals surface area contributed by atoms with Gasteiger partial charge in [0.2, 0.25) is 15.9 Å². The molecule has 3 rings (SSSR count). The highest BCUT2D eigenvalue weighted by atomic mass is 35.5. The number of sulfonamides is 1. The Hall–Kier alpha value is -1.11. The molecule has 26 heavy (non-hydrogen) atoms. The first-order valence-corrected chi connectivity index (χ1v) is 11.3. The van der Waals surface area contributed by atoms with Crippen LogP contribution in [0.5, 0.6) is 0 Å². The Labute approximate surface area is 161 Å². The fourth-order valence-electron chi connectivity index (χ4n) is 4.07. The number of likely N-dealkylation sites (tertiary alicyclic amines) is 1. The third-order valence-corrected chi connectivity index (χ3v) is 7.70. The molecule has 7 heteroatoms. The van der Waals surface area contributed by atoms with Gasteiger partial charge in [0.1, 0.15) is 0 Å². The van der Waals surface area contributed by atoms with Crippen molar-refractivity contribution < 1.29 is 13.2 Å². The van der Waals surface area contributed by atoms with Crippen molar-refractivity contribution >= 4 is 27.5 Å². The molecule has 0 aliphatic carbocycles. The largest absolute Gasteiger partial charge is 0.339 e. The lowest BCUT2D eigenvalue weighted by atomic mass is 9.93. The summed E-state index contributed by atoms with van der Waals surface area (Å²) < 4.78 is 27.3. The van der Waals surface area contributed by atoms with Crippen LogP contribution in [0, 0.1) is 5.92 Å². The Morgan fingerprint density at radius 1 is 1.12 bits per heavy atom. The summed E-state index contributed by atoms with van der Waals surface area (Å²) in [4.78, 5) is 15.3. The van der Waals surface area contributed by atoms with Crippen molar-refractivity contribution in [2.75, 3.05) is 19.6 Å². The molecule has 2 heterocycles. The van der Waals surface area contributed by atoms with E-state index in [1.54, 1.807) is 12.1 Å². The predicted molar refractivity (Wildman–Crippen MR) is 103 cm³/mol. The van der Waals surface area contributed by atoms with Crippen LogP contribution in [0.1, 0.15) is 45.4 Å². The average Bonchev–Trinajstić information content (AvgIpc) is 2.68. The van der Waals surface area contributed by atoms with Crippen molar-refractivity contribution in [1.29, 1.82) is 0 Å². The molecule has 0 aromatic heterocycles. The van der Waals surface area contributed by atoms with Gasteiger partial charge in [-0.2, -0.15) is 4.31 Å². The van der Waals surface area contributed by atoms with Gasteiger partial charge in [0, 0.05) is 30.7 Å². The first-order chi connectivity index (χ1) is 12.4. The van der Waals surface area contributed by atoms with Gasteiger partial charge in [0.15, 0.2) is 0 Å². The maximum atomic E-state index is 13.1. The first-order valence-electron chi connectivity index (χ1n) is 9.49. The second-order valence-electron chi connectivity index (χ2n) is 7.25. The molecular weight excluding hydrogens is 372 g/mol. The zero-order chi connectivity index (χ0) is 18.7. The van der Waals surface area contributed by atoms with Crippen molar-refractivity contribution in [3.63, 3.8) is 0 Å². The Morgan fingerprint density at radius 2 is 1.85 bits per heavy atom. The molecule has 2 fully saturated rings. The number of carbonyl (C=O) groups excluding carboxylic acids is 1. The Bertz CT molecular complexity index is 736. The van der Waals surface area contributed by atoms with E-state index in [4.69, 9.17) is 11.6 Å². The number of piperidine rings is 2. The summed E-state index contributed by atoms with van der Waals surface area (Å²) in [7, 11) is -3.59. The van der Waals surface area contributed by atoms with Crippen molar-refractivity contribution in [1.82, 2.24) is 9.21 Å². The van der Waals surface area contributed by atoms with E-state index in [1.807, 2.05) is 4.90 Å². The van der Waals surface area contributed by atoms with E-state index in [2.05, 4.69) is 6.92 Å². The lowest BCUT2D eigenvalue weighted by Gasteiger charge is -2.40. The molecule has 0 spiro atoms. The first kappa shape index (κ1) is 19.6. The summed E-state index contributed by atoms with van der Waals surface area (Å²) in [5.41, 5.74) is 0. The van der Waals surface area contributed by atoms with Gasteiger partial charge in [0.05, 0.1) is 10.8 Å². The number of carbonyl (C=O) groups is 1. The van der Waals surface area contributed by atoms with Crippen molar-refractivity contribution in [2.45, 2.75) is 56.4 Å². The standard InChI is InChI=1S/C19H27ClN2O3S/c1-2-17-7-3-4-13-22(17)19(23)15-6-5-12-21(14-15)26(24,25)18-10-8-16(20)9-11-18/h8-11,15,17H,2-7,12-14H2,1H3. The van der Waals surface area contributed by atoms with Gasteiger partial charge in [-0.3, -0.25) is 4.79 Å². The van der Waals surface area contributed by atoms with Crippen LogP contribution in [0.25, 0.3) is 0 Å². The van der Waals surface area contributed by atoms with Crippen LogP contribution >= 0.6 is 11.6 Å². The zero-order valence-electron chi connectivity index (χ0n) is 15.2. The van der Waals surface area contributed by atoms with Crippen LogP contribution < -0.4 is 0 Å². The van der Waals surface area contributed by atoms with Gasteiger partial charge in [-0.25, -0.2) is 8.42 Å². The van der Waals surface area contributed by atoms with E-state index in [0.29, 0.717) is 24.0 Å². The Morgan fingerprint density at radius 3 is 2.54 bits per heavy atom. The molecule has 5 nitrogen and oxygen atoms in total. The van der Waals surface area contributed by atoms with Crippen LogP contribution in [0.15, 0.2) is 29.2 Å². The average molecular weight is 399 g/mol. The molecule has 0 saturated carbocycles. The van der Waals surface area contributed by atoms with Crippen LogP contribution in [0.2, 0.25) is 5.02 Å². The number of benzene rings is 1. The molecule has 2 atom stereocenters. The Kier molecular flexibility index (Phi) is 6.25. The lowest BCUT2D eigenvalue weighted by molar-refractivity contribution is -0.140. The molecule has 1 aromatic carbocycles. The molecule has 0 radical (unpaired) electrons. The quantitative estimate of drug-likeness (QED) is 0.779. The highest BCUT2D eigenvalue weighted by Gasteiger charge is 2.37. The summed E-state index contributed by atoms with van der Waals surface area (Å²) in [5, 5.41) is 0.506. The number of halogens is 1. The van der Waals surface area contributed by atoms with E-state index in [9.17, 15) is 13.2 Å². The third kappa shape index (κ3) is 4.07. The third-order valence-electron chi connectivity index (χ3n) is 5.57. The van der Waals surface area contributed by atoms with Gasteiger partial charge in [-0.1, -0.05) is 18.5 Å². The summed E-state index contributed by atoms with van der Waals surface area (Å²) in [6, 6.07) is 6.53. The number of rotatable bonds is 4. The van der Waals surface area contributed by atoms with E-state index in [-0.39, 0.29) is 23.3 Å².